The molecule has 26 heavy (non-hydrogen) atoms. The Morgan fingerprint density at radius 2 is 1.58 bits per heavy atom. The number of carbonyl (C=O) groups is 2. The maximum absolute atomic E-state index is 12.2. The Balaban J connectivity index is 2.14. The fourth-order valence-electron chi connectivity index (χ4n) is 2.38. The van der Waals surface area contributed by atoms with E-state index in [-0.39, 0.29) is 11.3 Å². The third-order valence-corrected chi connectivity index (χ3v) is 3.83. The molecule has 2 rings (SSSR count). The van der Waals surface area contributed by atoms with Gasteiger partial charge in [0, 0.05) is 17.7 Å². The standard InChI is InChI=1S/C18H18N2O6/c1-11(22)17(16(23)10-21)19-18(24)14-4-2-12(3-5-14)13-6-8-15(9-7-13)20(25)26/h2-9,11,17,21-22H,10H2,1H3,(H,19,24)/t11-,17+/m1/s1. The summed E-state index contributed by atoms with van der Waals surface area (Å²) in [5.74, 6) is -1.25. The van der Waals surface area contributed by atoms with Crippen LogP contribution < -0.4 is 5.32 Å². The zero-order valence-electron chi connectivity index (χ0n) is 14.0. The van der Waals surface area contributed by atoms with Crippen LogP contribution >= 0.6 is 0 Å². The van der Waals surface area contributed by atoms with Gasteiger partial charge in [0.05, 0.1) is 11.0 Å². The van der Waals surface area contributed by atoms with E-state index in [1.807, 2.05) is 0 Å². The van der Waals surface area contributed by atoms with Crippen LogP contribution in [-0.4, -0.2) is 45.6 Å². The highest BCUT2D eigenvalue weighted by Crippen LogP contribution is 2.22. The first-order chi connectivity index (χ1) is 12.3. The molecular formula is C18H18N2O6. The number of nitro benzene ring substituents is 1. The number of aliphatic hydroxyl groups excluding tert-OH is 2. The third kappa shape index (κ3) is 4.50. The number of non-ortho nitro benzene ring substituents is 1. The number of benzene rings is 2. The Morgan fingerprint density at radius 3 is 2.00 bits per heavy atom. The lowest BCUT2D eigenvalue weighted by molar-refractivity contribution is -0.384. The average molecular weight is 358 g/mol. The van der Waals surface area contributed by atoms with Crippen LogP contribution in [0.3, 0.4) is 0 Å². The molecule has 0 saturated heterocycles. The van der Waals surface area contributed by atoms with Crippen LogP contribution in [0, 0.1) is 10.1 Å². The smallest absolute Gasteiger partial charge is 0.269 e. The van der Waals surface area contributed by atoms with Gasteiger partial charge < -0.3 is 15.5 Å². The number of amides is 1. The van der Waals surface area contributed by atoms with Gasteiger partial charge >= 0.3 is 0 Å². The van der Waals surface area contributed by atoms with Crippen LogP contribution in [-0.2, 0) is 4.79 Å². The SMILES string of the molecule is C[C@@H](O)[C@H](NC(=O)c1ccc(-c2ccc([N+](=O)[O-])cc2)cc1)C(=O)CO. The van der Waals surface area contributed by atoms with Gasteiger partial charge in [0.2, 0.25) is 0 Å². The maximum atomic E-state index is 12.2. The van der Waals surface area contributed by atoms with Crippen LogP contribution in [0.1, 0.15) is 17.3 Å². The van der Waals surface area contributed by atoms with Gasteiger partial charge in [-0.05, 0) is 42.3 Å². The Morgan fingerprint density at radius 1 is 1.08 bits per heavy atom. The predicted molar refractivity (Wildman–Crippen MR) is 93.6 cm³/mol. The van der Waals surface area contributed by atoms with Gasteiger partial charge in [0.15, 0.2) is 5.78 Å². The second kappa shape index (κ2) is 8.32. The number of Topliss-reactive ketones (excluding diaryl/α,β-unsaturated/α-hetero) is 1. The van der Waals surface area contributed by atoms with Crippen molar-refractivity contribution in [2.75, 3.05) is 6.61 Å². The summed E-state index contributed by atoms with van der Waals surface area (Å²) in [5.41, 5.74) is 1.77. The van der Waals surface area contributed by atoms with Crippen molar-refractivity contribution in [1.82, 2.24) is 5.32 Å². The van der Waals surface area contributed by atoms with Crippen LogP contribution in [0.5, 0.6) is 0 Å². The highest BCUT2D eigenvalue weighted by Gasteiger charge is 2.25. The minimum atomic E-state index is -1.19. The molecule has 8 heteroatoms. The van der Waals surface area contributed by atoms with Gasteiger partial charge in [0.25, 0.3) is 11.6 Å². The fraction of sp³-hybridized carbons (Fsp3) is 0.222. The van der Waals surface area contributed by atoms with Gasteiger partial charge in [-0.2, -0.15) is 0 Å². The van der Waals surface area contributed by atoms with E-state index in [0.29, 0.717) is 0 Å². The first-order valence-electron chi connectivity index (χ1n) is 7.81. The van der Waals surface area contributed by atoms with Crippen molar-refractivity contribution in [3.8, 4) is 11.1 Å². The van der Waals surface area contributed by atoms with E-state index in [2.05, 4.69) is 5.32 Å². The van der Waals surface area contributed by atoms with E-state index in [1.54, 1.807) is 24.3 Å². The second-order valence-electron chi connectivity index (χ2n) is 5.70. The number of carbonyl (C=O) groups excluding carboxylic acids is 2. The largest absolute Gasteiger partial charge is 0.391 e. The Bertz CT molecular complexity index is 799. The molecule has 2 aromatic carbocycles. The van der Waals surface area contributed by atoms with Crippen molar-refractivity contribution >= 4 is 17.4 Å². The van der Waals surface area contributed by atoms with Gasteiger partial charge in [0.1, 0.15) is 12.6 Å². The molecule has 0 unspecified atom stereocenters. The fourth-order valence-corrected chi connectivity index (χ4v) is 2.38. The van der Waals surface area contributed by atoms with Gasteiger partial charge in [-0.15, -0.1) is 0 Å². The molecular weight excluding hydrogens is 340 g/mol. The van der Waals surface area contributed by atoms with Crippen molar-refractivity contribution in [2.24, 2.45) is 0 Å². The molecule has 0 aliphatic heterocycles. The summed E-state index contributed by atoms with van der Waals surface area (Å²) in [5, 5.41) is 31.5. The van der Waals surface area contributed by atoms with E-state index >= 15 is 0 Å². The van der Waals surface area contributed by atoms with E-state index in [9.17, 15) is 24.8 Å². The van der Waals surface area contributed by atoms with E-state index in [4.69, 9.17) is 5.11 Å². The lowest BCUT2D eigenvalue weighted by atomic mass is 10.0. The third-order valence-electron chi connectivity index (χ3n) is 3.83. The van der Waals surface area contributed by atoms with Crippen molar-refractivity contribution in [3.05, 3.63) is 64.2 Å². The van der Waals surface area contributed by atoms with Crippen molar-refractivity contribution in [1.29, 1.82) is 0 Å². The van der Waals surface area contributed by atoms with Crippen molar-refractivity contribution in [2.45, 2.75) is 19.1 Å². The molecule has 2 aromatic rings. The number of nitro groups is 1. The van der Waals surface area contributed by atoms with Gasteiger partial charge in [-0.25, -0.2) is 0 Å². The number of rotatable bonds is 7. The number of hydrogen-bond acceptors (Lipinski definition) is 6. The number of nitrogens with zero attached hydrogens (tertiary/aromatic N) is 1. The summed E-state index contributed by atoms with van der Waals surface area (Å²) in [6.45, 7) is 0.561. The second-order valence-corrected chi connectivity index (χ2v) is 5.70. The number of ketones is 1. The summed E-state index contributed by atoms with van der Waals surface area (Å²) in [4.78, 5) is 34.0. The van der Waals surface area contributed by atoms with Crippen molar-refractivity contribution in [3.63, 3.8) is 0 Å². The van der Waals surface area contributed by atoms with Gasteiger partial charge in [-0.3, -0.25) is 19.7 Å². The first-order valence-corrected chi connectivity index (χ1v) is 7.81. The lowest BCUT2D eigenvalue weighted by Gasteiger charge is -2.19. The molecule has 0 aliphatic carbocycles. The minimum absolute atomic E-state index is 0.0116. The maximum Gasteiger partial charge on any atom is 0.269 e. The van der Waals surface area contributed by atoms with Crippen LogP contribution in [0.4, 0.5) is 5.69 Å². The molecule has 0 heterocycles. The molecule has 2 atom stereocenters. The summed E-state index contributed by atoms with van der Waals surface area (Å²) >= 11 is 0. The zero-order chi connectivity index (χ0) is 19.3. The molecule has 0 spiro atoms. The van der Waals surface area contributed by atoms with Crippen LogP contribution in [0.25, 0.3) is 11.1 Å². The average Bonchev–Trinajstić information content (AvgIpc) is 2.65. The monoisotopic (exact) mass is 358 g/mol. The molecule has 136 valence electrons. The topological polar surface area (TPSA) is 130 Å². The molecule has 3 N–H and O–H groups in total. The summed E-state index contributed by atoms with van der Waals surface area (Å²) in [7, 11) is 0. The van der Waals surface area contributed by atoms with E-state index in [1.165, 1.54) is 31.2 Å². The van der Waals surface area contributed by atoms with E-state index < -0.39 is 35.4 Å². The zero-order valence-corrected chi connectivity index (χ0v) is 14.0. The molecule has 0 aliphatic rings. The number of aliphatic hydroxyl groups is 2. The summed E-state index contributed by atoms with van der Waals surface area (Å²) < 4.78 is 0. The van der Waals surface area contributed by atoms with Crippen molar-refractivity contribution < 1.29 is 24.7 Å². The molecule has 0 fully saturated rings. The number of hydrogen-bond donors (Lipinski definition) is 3. The Hall–Kier alpha value is -3.10. The minimum Gasteiger partial charge on any atom is -0.391 e. The highest BCUT2D eigenvalue weighted by atomic mass is 16.6. The molecule has 0 bridgehead atoms. The summed E-state index contributed by atoms with van der Waals surface area (Å²) in [6.07, 6.45) is -1.14. The molecule has 8 nitrogen and oxygen atoms in total. The normalized spacial score (nSPS) is 12.9. The molecule has 0 saturated carbocycles. The Labute approximate surface area is 149 Å². The first kappa shape index (κ1) is 19.2. The highest BCUT2D eigenvalue weighted by molar-refractivity contribution is 5.98. The van der Waals surface area contributed by atoms with Gasteiger partial charge in [-0.1, -0.05) is 12.1 Å². The summed E-state index contributed by atoms with van der Waals surface area (Å²) in [6, 6.07) is 11.2. The predicted octanol–water partition coefficient (Wildman–Crippen LogP) is 1.30. The quantitative estimate of drug-likeness (QED) is 0.505. The molecule has 1 amide bonds. The van der Waals surface area contributed by atoms with E-state index in [0.717, 1.165) is 11.1 Å². The van der Waals surface area contributed by atoms with Crippen LogP contribution in [0.2, 0.25) is 0 Å². The molecule has 0 aromatic heterocycles. The Kier molecular flexibility index (Phi) is 6.16. The molecule has 0 radical (unpaired) electrons. The number of nitrogens with one attached hydrogen (secondary N) is 1. The van der Waals surface area contributed by atoms with Crippen LogP contribution in [0.15, 0.2) is 48.5 Å². The lowest BCUT2D eigenvalue weighted by Crippen LogP contribution is -2.48.